The van der Waals surface area contributed by atoms with Crippen molar-refractivity contribution in [1.82, 2.24) is 4.98 Å². The SMILES string of the molecule is CC(Cc1cccs1)Nc1ccc(N)c(OCC2CC2)n1. The summed E-state index contributed by atoms with van der Waals surface area (Å²) in [6.07, 6.45) is 3.51. The molecule has 1 unspecified atom stereocenters. The number of hydrogen-bond acceptors (Lipinski definition) is 5. The van der Waals surface area contributed by atoms with E-state index in [0.717, 1.165) is 18.8 Å². The van der Waals surface area contributed by atoms with E-state index in [4.69, 9.17) is 10.5 Å². The van der Waals surface area contributed by atoms with Gasteiger partial charge in [-0.25, -0.2) is 0 Å². The summed E-state index contributed by atoms with van der Waals surface area (Å²) in [6.45, 7) is 2.88. The number of nitrogens with two attached hydrogens (primary N) is 1. The molecule has 2 heterocycles. The molecule has 3 N–H and O–H groups in total. The lowest BCUT2D eigenvalue weighted by Gasteiger charge is -2.15. The number of aromatic nitrogens is 1. The third-order valence-electron chi connectivity index (χ3n) is 3.52. The lowest BCUT2D eigenvalue weighted by Crippen LogP contribution is -2.18. The second-order valence-electron chi connectivity index (χ2n) is 5.67. The van der Waals surface area contributed by atoms with E-state index in [9.17, 15) is 0 Å². The van der Waals surface area contributed by atoms with Crippen LogP contribution in [0.15, 0.2) is 29.6 Å². The summed E-state index contributed by atoms with van der Waals surface area (Å²) >= 11 is 1.78. The Labute approximate surface area is 129 Å². The fourth-order valence-corrected chi connectivity index (χ4v) is 3.00. The molecule has 21 heavy (non-hydrogen) atoms. The summed E-state index contributed by atoms with van der Waals surface area (Å²) in [5, 5.41) is 5.52. The molecule has 0 aromatic carbocycles. The minimum Gasteiger partial charge on any atom is -0.476 e. The van der Waals surface area contributed by atoms with E-state index in [1.165, 1.54) is 17.7 Å². The molecule has 1 fully saturated rings. The standard InChI is InChI=1S/C16H21N3OS/c1-11(9-13-3-2-8-21-13)18-15-7-6-14(17)16(19-15)20-10-12-4-5-12/h2-3,6-8,11-12H,4-5,9-10,17H2,1H3,(H,18,19). The predicted molar refractivity (Wildman–Crippen MR) is 88.0 cm³/mol. The van der Waals surface area contributed by atoms with Gasteiger partial charge in [0.15, 0.2) is 0 Å². The Morgan fingerprint density at radius 1 is 1.43 bits per heavy atom. The summed E-state index contributed by atoms with van der Waals surface area (Å²) in [7, 11) is 0. The highest BCUT2D eigenvalue weighted by Crippen LogP contribution is 2.30. The first-order valence-electron chi connectivity index (χ1n) is 7.39. The number of ether oxygens (including phenoxy) is 1. The number of nitrogens with zero attached hydrogens (tertiary/aromatic N) is 1. The fraction of sp³-hybridized carbons (Fsp3) is 0.438. The Morgan fingerprint density at radius 2 is 2.29 bits per heavy atom. The first-order chi connectivity index (χ1) is 10.2. The lowest BCUT2D eigenvalue weighted by atomic mass is 10.2. The molecule has 1 saturated carbocycles. The summed E-state index contributed by atoms with van der Waals surface area (Å²) in [5.41, 5.74) is 6.53. The van der Waals surface area contributed by atoms with Crippen molar-refractivity contribution in [3.05, 3.63) is 34.5 Å². The second kappa shape index (κ2) is 6.35. The highest BCUT2D eigenvalue weighted by molar-refractivity contribution is 7.09. The molecule has 3 rings (SSSR count). The zero-order valence-electron chi connectivity index (χ0n) is 12.2. The first-order valence-corrected chi connectivity index (χ1v) is 8.27. The van der Waals surface area contributed by atoms with Gasteiger partial charge in [0.1, 0.15) is 5.82 Å². The van der Waals surface area contributed by atoms with Crippen molar-refractivity contribution in [3.63, 3.8) is 0 Å². The van der Waals surface area contributed by atoms with Crippen LogP contribution in [0.5, 0.6) is 5.88 Å². The van der Waals surface area contributed by atoms with Crippen LogP contribution in [-0.2, 0) is 6.42 Å². The van der Waals surface area contributed by atoms with Crippen molar-refractivity contribution < 1.29 is 4.74 Å². The topological polar surface area (TPSA) is 60.2 Å². The highest BCUT2D eigenvalue weighted by atomic mass is 32.1. The van der Waals surface area contributed by atoms with Gasteiger partial charge in [-0.05, 0) is 49.3 Å². The van der Waals surface area contributed by atoms with E-state index in [1.54, 1.807) is 11.3 Å². The van der Waals surface area contributed by atoms with Crippen molar-refractivity contribution in [3.8, 4) is 5.88 Å². The van der Waals surface area contributed by atoms with Crippen LogP contribution in [0, 0.1) is 5.92 Å². The molecule has 1 aliphatic carbocycles. The molecule has 1 atom stereocenters. The van der Waals surface area contributed by atoms with E-state index in [2.05, 4.69) is 34.7 Å². The smallest absolute Gasteiger partial charge is 0.239 e. The third kappa shape index (κ3) is 4.11. The van der Waals surface area contributed by atoms with Crippen molar-refractivity contribution in [2.24, 2.45) is 5.92 Å². The monoisotopic (exact) mass is 303 g/mol. The van der Waals surface area contributed by atoms with Gasteiger partial charge in [0.05, 0.1) is 12.3 Å². The quantitative estimate of drug-likeness (QED) is 0.821. The molecule has 2 aromatic rings. The Balaban J connectivity index is 1.59. The van der Waals surface area contributed by atoms with Crippen molar-refractivity contribution in [2.75, 3.05) is 17.7 Å². The largest absolute Gasteiger partial charge is 0.476 e. The summed E-state index contributed by atoms with van der Waals surface area (Å²) in [5.74, 6) is 2.06. The molecule has 112 valence electrons. The maximum absolute atomic E-state index is 5.92. The molecule has 0 spiro atoms. The zero-order valence-corrected chi connectivity index (χ0v) is 13.0. The minimum atomic E-state index is 0.316. The van der Waals surface area contributed by atoms with E-state index in [1.807, 2.05) is 12.1 Å². The number of nitrogen functional groups attached to an aromatic ring is 1. The van der Waals surface area contributed by atoms with Crippen molar-refractivity contribution in [2.45, 2.75) is 32.2 Å². The number of rotatable bonds is 7. The van der Waals surface area contributed by atoms with Crippen LogP contribution in [0.3, 0.4) is 0 Å². The Bertz CT molecular complexity index is 581. The van der Waals surface area contributed by atoms with Gasteiger partial charge in [-0.1, -0.05) is 6.07 Å². The van der Waals surface area contributed by atoms with Gasteiger partial charge in [-0.15, -0.1) is 11.3 Å². The third-order valence-corrected chi connectivity index (χ3v) is 4.42. The Kier molecular flexibility index (Phi) is 4.29. The zero-order chi connectivity index (χ0) is 14.7. The van der Waals surface area contributed by atoms with Crippen LogP contribution in [-0.4, -0.2) is 17.6 Å². The van der Waals surface area contributed by atoms with Crippen LogP contribution in [0.1, 0.15) is 24.6 Å². The lowest BCUT2D eigenvalue weighted by molar-refractivity contribution is 0.290. The van der Waals surface area contributed by atoms with Gasteiger partial charge < -0.3 is 15.8 Å². The number of hydrogen-bond donors (Lipinski definition) is 2. The molecule has 1 aliphatic rings. The molecule has 0 aliphatic heterocycles. The van der Waals surface area contributed by atoms with E-state index >= 15 is 0 Å². The molecular formula is C16H21N3OS. The fourth-order valence-electron chi connectivity index (χ4n) is 2.16. The molecule has 0 amide bonds. The number of nitrogens with one attached hydrogen (secondary N) is 1. The van der Waals surface area contributed by atoms with Gasteiger partial charge in [-0.3, -0.25) is 0 Å². The van der Waals surface area contributed by atoms with Crippen LogP contribution in [0.4, 0.5) is 11.5 Å². The summed E-state index contributed by atoms with van der Waals surface area (Å²) in [6, 6.07) is 8.32. The van der Waals surface area contributed by atoms with Crippen LogP contribution < -0.4 is 15.8 Å². The Morgan fingerprint density at radius 3 is 3.00 bits per heavy atom. The number of thiophene rings is 1. The molecule has 4 nitrogen and oxygen atoms in total. The molecule has 0 saturated heterocycles. The van der Waals surface area contributed by atoms with E-state index in [-0.39, 0.29) is 0 Å². The predicted octanol–water partition coefficient (Wildman–Crippen LogP) is 3.56. The van der Waals surface area contributed by atoms with E-state index < -0.39 is 0 Å². The summed E-state index contributed by atoms with van der Waals surface area (Å²) in [4.78, 5) is 5.86. The second-order valence-corrected chi connectivity index (χ2v) is 6.71. The minimum absolute atomic E-state index is 0.316. The normalized spacial score (nSPS) is 15.7. The van der Waals surface area contributed by atoms with Gasteiger partial charge in [0, 0.05) is 17.3 Å². The molecule has 0 radical (unpaired) electrons. The maximum atomic E-state index is 5.92. The van der Waals surface area contributed by atoms with E-state index in [0.29, 0.717) is 23.5 Å². The van der Waals surface area contributed by atoms with Crippen LogP contribution in [0.2, 0.25) is 0 Å². The first kappa shape index (κ1) is 14.2. The number of pyridine rings is 1. The maximum Gasteiger partial charge on any atom is 0.239 e. The van der Waals surface area contributed by atoms with Crippen molar-refractivity contribution in [1.29, 1.82) is 0 Å². The van der Waals surface area contributed by atoms with Crippen molar-refractivity contribution >= 4 is 22.8 Å². The van der Waals surface area contributed by atoms with Gasteiger partial charge >= 0.3 is 0 Å². The number of anilines is 2. The van der Waals surface area contributed by atoms with Gasteiger partial charge in [0.25, 0.3) is 0 Å². The molecule has 2 aromatic heterocycles. The van der Waals surface area contributed by atoms with Crippen LogP contribution in [0.25, 0.3) is 0 Å². The molecule has 5 heteroatoms. The molecule has 0 bridgehead atoms. The molecular weight excluding hydrogens is 282 g/mol. The average Bonchev–Trinajstić information content (AvgIpc) is 3.16. The van der Waals surface area contributed by atoms with Gasteiger partial charge in [-0.2, -0.15) is 4.98 Å². The van der Waals surface area contributed by atoms with Gasteiger partial charge in [0.2, 0.25) is 5.88 Å². The van der Waals surface area contributed by atoms with Crippen LogP contribution >= 0.6 is 11.3 Å². The highest BCUT2D eigenvalue weighted by Gasteiger charge is 2.22. The average molecular weight is 303 g/mol. The summed E-state index contributed by atoms with van der Waals surface area (Å²) < 4.78 is 5.71. The Hall–Kier alpha value is -1.75.